The average molecular weight is 377 g/mol. The average Bonchev–Trinajstić information content (AvgIpc) is 3.25. The number of aliphatic carboxylic acids is 1. The van der Waals surface area contributed by atoms with Crippen molar-refractivity contribution >= 4 is 11.9 Å². The van der Waals surface area contributed by atoms with Crippen LogP contribution in [0, 0.1) is 0 Å². The molecule has 0 radical (unpaired) electrons. The first kappa shape index (κ1) is 17.8. The van der Waals surface area contributed by atoms with Gasteiger partial charge >= 0.3 is 5.97 Å². The number of ether oxygens (including phenoxy) is 1. The maximum absolute atomic E-state index is 12.8. The number of carboxylic acid groups (broad SMARTS) is 1. The van der Waals surface area contributed by atoms with Gasteiger partial charge in [0.05, 0.1) is 11.8 Å². The summed E-state index contributed by atoms with van der Waals surface area (Å²) in [4.78, 5) is 25.3. The highest BCUT2D eigenvalue weighted by Crippen LogP contribution is 2.32. The van der Waals surface area contributed by atoms with Gasteiger partial charge in [0, 0.05) is 31.9 Å². The van der Waals surface area contributed by atoms with Gasteiger partial charge in [0.1, 0.15) is 5.75 Å². The van der Waals surface area contributed by atoms with Gasteiger partial charge < -0.3 is 14.7 Å². The summed E-state index contributed by atoms with van der Waals surface area (Å²) < 4.78 is 7.05. The van der Waals surface area contributed by atoms with Crippen molar-refractivity contribution in [3.63, 3.8) is 0 Å². The Kier molecular flexibility index (Phi) is 4.57. The van der Waals surface area contributed by atoms with E-state index >= 15 is 0 Å². The second-order valence-electron chi connectivity index (χ2n) is 6.73. The number of rotatable bonds is 6. The van der Waals surface area contributed by atoms with Gasteiger partial charge in [-0.05, 0) is 22.8 Å². The van der Waals surface area contributed by atoms with Gasteiger partial charge in [0.25, 0.3) is 5.91 Å². The normalized spacial score (nSPS) is 12.9. The smallest absolute Gasteiger partial charge is 0.341 e. The Morgan fingerprint density at radius 1 is 1.18 bits per heavy atom. The second kappa shape index (κ2) is 7.19. The Labute approximate surface area is 161 Å². The fourth-order valence-corrected chi connectivity index (χ4v) is 3.37. The van der Waals surface area contributed by atoms with Crippen LogP contribution in [-0.4, -0.2) is 38.3 Å². The number of nitrogens with zero attached hydrogens (tertiary/aromatic N) is 3. The van der Waals surface area contributed by atoms with Crippen LogP contribution in [0.3, 0.4) is 0 Å². The Morgan fingerprint density at radius 2 is 1.96 bits per heavy atom. The Balaban J connectivity index is 1.49. The van der Waals surface area contributed by atoms with E-state index in [4.69, 9.17) is 9.84 Å². The van der Waals surface area contributed by atoms with Crippen molar-refractivity contribution < 1.29 is 19.4 Å². The van der Waals surface area contributed by atoms with Gasteiger partial charge in [-0.15, -0.1) is 0 Å². The van der Waals surface area contributed by atoms with E-state index in [1.165, 1.54) is 0 Å². The number of benzene rings is 2. The fourth-order valence-electron chi connectivity index (χ4n) is 3.37. The lowest BCUT2D eigenvalue weighted by Gasteiger charge is -2.16. The minimum absolute atomic E-state index is 0.146. The first-order chi connectivity index (χ1) is 13.5. The van der Waals surface area contributed by atoms with Crippen molar-refractivity contribution in [2.75, 3.05) is 6.61 Å². The molecule has 2 aromatic carbocycles. The van der Waals surface area contributed by atoms with E-state index in [1.807, 2.05) is 49.8 Å². The minimum atomic E-state index is -1.08. The van der Waals surface area contributed by atoms with Crippen LogP contribution in [0.4, 0.5) is 0 Å². The van der Waals surface area contributed by atoms with Gasteiger partial charge in [-0.25, -0.2) is 4.79 Å². The molecule has 0 unspecified atom stereocenters. The molecule has 0 spiro atoms. The largest absolute Gasteiger partial charge is 0.481 e. The highest BCUT2D eigenvalue weighted by Gasteiger charge is 2.30. The van der Waals surface area contributed by atoms with Crippen LogP contribution in [0.2, 0.25) is 0 Å². The van der Waals surface area contributed by atoms with E-state index in [2.05, 4.69) is 5.10 Å². The summed E-state index contributed by atoms with van der Waals surface area (Å²) in [7, 11) is 1.88. The molecular weight excluding hydrogens is 358 g/mol. The molecule has 142 valence electrons. The SMILES string of the molecule is Cn1cc(-c2ccc(CN3Cc4cccc(OCC(=O)O)c4C3=O)cc2)cn1. The summed E-state index contributed by atoms with van der Waals surface area (Å²) in [6.45, 7) is 0.474. The number of aryl methyl sites for hydroxylation is 1. The molecule has 1 aromatic heterocycles. The molecule has 7 nitrogen and oxygen atoms in total. The lowest BCUT2D eigenvalue weighted by atomic mass is 10.1. The highest BCUT2D eigenvalue weighted by molar-refractivity contribution is 6.01. The third-order valence-corrected chi connectivity index (χ3v) is 4.69. The molecule has 1 aliphatic rings. The van der Waals surface area contributed by atoms with Crippen molar-refractivity contribution in [1.29, 1.82) is 0 Å². The summed E-state index contributed by atoms with van der Waals surface area (Å²) in [6, 6.07) is 13.3. The zero-order valence-electron chi connectivity index (χ0n) is 15.3. The van der Waals surface area contributed by atoms with Crippen molar-refractivity contribution in [2.45, 2.75) is 13.1 Å². The Hall–Kier alpha value is -3.61. The van der Waals surface area contributed by atoms with Crippen LogP contribution < -0.4 is 4.74 Å². The minimum Gasteiger partial charge on any atom is -0.481 e. The van der Waals surface area contributed by atoms with Crippen molar-refractivity contribution in [2.24, 2.45) is 7.05 Å². The van der Waals surface area contributed by atoms with Crippen LogP contribution in [0.25, 0.3) is 11.1 Å². The molecule has 4 rings (SSSR count). The van der Waals surface area contributed by atoms with Gasteiger partial charge in [-0.3, -0.25) is 9.48 Å². The molecule has 2 heterocycles. The van der Waals surface area contributed by atoms with Crippen LogP contribution in [0.5, 0.6) is 5.75 Å². The number of carboxylic acids is 1. The van der Waals surface area contributed by atoms with E-state index in [-0.39, 0.29) is 5.91 Å². The van der Waals surface area contributed by atoms with Crippen LogP contribution in [0.1, 0.15) is 21.5 Å². The summed E-state index contributed by atoms with van der Waals surface area (Å²) in [5, 5.41) is 13.0. The molecule has 1 N–H and O–H groups in total. The summed E-state index contributed by atoms with van der Waals surface area (Å²) in [6.07, 6.45) is 3.77. The highest BCUT2D eigenvalue weighted by atomic mass is 16.5. The van der Waals surface area contributed by atoms with Crippen LogP contribution >= 0.6 is 0 Å². The van der Waals surface area contributed by atoms with E-state index in [9.17, 15) is 9.59 Å². The van der Waals surface area contributed by atoms with Gasteiger partial charge in [0.15, 0.2) is 6.61 Å². The fraction of sp³-hybridized carbons (Fsp3) is 0.190. The number of amides is 1. The molecule has 28 heavy (non-hydrogen) atoms. The van der Waals surface area contributed by atoms with Crippen molar-refractivity contribution in [3.05, 3.63) is 71.5 Å². The first-order valence-corrected chi connectivity index (χ1v) is 8.85. The molecule has 0 saturated carbocycles. The first-order valence-electron chi connectivity index (χ1n) is 8.85. The van der Waals surface area contributed by atoms with E-state index in [0.29, 0.717) is 24.4 Å². The lowest BCUT2D eigenvalue weighted by molar-refractivity contribution is -0.139. The molecule has 0 bridgehead atoms. The van der Waals surface area contributed by atoms with Gasteiger partial charge in [-0.2, -0.15) is 5.10 Å². The number of aromatic nitrogens is 2. The van der Waals surface area contributed by atoms with Crippen LogP contribution in [-0.2, 0) is 24.9 Å². The molecule has 0 aliphatic carbocycles. The molecule has 0 atom stereocenters. The Morgan fingerprint density at radius 3 is 2.64 bits per heavy atom. The van der Waals surface area contributed by atoms with E-state index in [0.717, 1.165) is 22.3 Å². The predicted octanol–water partition coefficient (Wildman–Crippen LogP) is 2.71. The number of carbonyl (C=O) groups excluding carboxylic acids is 1. The predicted molar refractivity (Wildman–Crippen MR) is 102 cm³/mol. The maximum atomic E-state index is 12.8. The third-order valence-electron chi connectivity index (χ3n) is 4.69. The van der Waals surface area contributed by atoms with Gasteiger partial charge in [0.2, 0.25) is 0 Å². The zero-order valence-corrected chi connectivity index (χ0v) is 15.3. The van der Waals surface area contributed by atoms with Crippen molar-refractivity contribution in [1.82, 2.24) is 14.7 Å². The molecule has 0 fully saturated rings. The summed E-state index contributed by atoms with van der Waals surface area (Å²) in [5.41, 5.74) is 4.42. The maximum Gasteiger partial charge on any atom is 0.341 e. The lowest BCUT2D eigenvalue weighted by Crippen LogP contribution is -2.23. The Bertz CT molecular complexity index is 1040. The molecule has 1 aliphatic heterocycles. The van der Waals surface area contributed by atoms with E-state index < -0.39 is 12.6 Å². The topological polar surface area (TPSA) is 84.7 Å². The van der Waals surface area contributed by atoms with E-state index in [1.54, 1.807) is 21.7 Å². The second-order valence-corrected chi connectivity index (χ2v) is 6.73. The third kappa shape index (κ3) is 3.46. The number of hydrogen-bond donors (Lipinski definition) is 1. The standard InChI is InChI=1S/C21H19N3O4/c1-23-11-17(9-22-23)15-7-5-14(6-8-15)10-24-12-16-3-2-4-18(20(16)21(24)27)28-13-19(25)26/h2-9,11H,10,12-13H2,1H3,(H,25,26). The number of hydrogen-bond acceptors (Lipinski definition) is 4. The number of fused-ring (bicyclic) bond motifs is 1. The zero-order chi connectivity index (χ0) is 19.7. The molecule has 0 saturated heterocycles. The van der Waals surface area contributed by atoms with Crippen molar-refractivity contribution in [3.8, 4) is 16.9 Å². The molecule has 1 amide bonds. The molecule has 7 heteroatoms. The monoisotopic (exact) mass is 377 g/mol. The summed E-state index contributed by atoms with van der Waals surface area (Å²) in [5.74, 6) is -0.903. The number of carbonyl (C=O) groups is 2. The molecule has 3 aromatic rings. The van der Waals surface area contributed by atoms with Gasteiger partial charge in [-0.1, -0.05) is 36.4 Å². The quantitative estimate of drug-likeness (QED) is 0.714. The summed E-state index contributed by atoms with van der Waals surface area (Å²) >= 11 is 0. The van der Waals surface area contributed by atoms with Crippen LogP contribution in [0.15, 0.2) is 54.9 Å². The molecular formula is C21H19N3O4.